The fourth-order valence-electron chi connectivity index (χ4n) is 4.78. The highest BCUT2D eigenvalue weighted by molar-refractivity contribution is 6.33. The monoisotopic (exact) mass is 605 g/mol. The first-order chi connectivity index (χ1) is 20.3. The number of ether oxygens (including phenoxy) is 1. The summed E-state index contributed by atoms with van der Waals surface area (Å²) >= 11 is 12.5. The van der Waals surface area contributed by atoms with Crippen LogP contribution in [0.25, 0.3) is 16.9 Å². The molecule has 8 nitrogen and oxygen atoms in total. The van der Waals surface area contributed by atoms with Gasteiger partial charge in [0.25, 0.3) is 5.91 Å². The molecule has 2 amide bonds. The lowest BCUT2D eigenvalue weighted by Crippen LogP contribution is -2.45. The lowest BCUT2D eigenvalue weighted by atomic mass is 10.1. The first-order valence-corrected chi connectivity index (χ1v) is 14.6. The number of imidazole rings is 1. The van der Waals surface area contributed by atoms with Crippen LogP contribution in [0, 0.1) is 13.8 Å². The molecular weight excluding hydrogens is 573 g/mol. The maximum atomic E-state index is 13.6. The minimum Gasteiger partial charge on any atom is -0.379 e. The van der Waals surface area contributed by atoms with Gasteiger partial charge in [-0.1, -0.05) is 53.5 Å². The van der Waals surface area contributed by atoms with E-state index < -0.39 is 0 Å². The number of nitrogens with one attached hydrogen (secondary N) is 1. The number of carbonyl (C=O) groups is 2. The average Bonchev–Trinajstić information content (AvgIpc) is 3.41. The molecule has 1 N–H and O–H groups in total. The van der Waals surface area contributed by atoms with Crippen LogP contribution in [-0.2, 0) is 9.53 Å². The molecule has 42 heavy (non-hydrogen) atoms. The molecule has 0 atom stereocenters. The summed E-state index contributed by atoms with van der Waals surface area (Å²) in [5.41, 5.74) is 5.03. The van der Waals surface area contributed by atoms with Crippen LogP contribution in [0.3, 0.4) is 0 Å². The molecule has 1 fully saturated rings. The zero-order valence-electron chi connectivity index (χ0n) is 23.6. The van der Waals surface area contributed by atoms with Crippen LogP contribution in [0.1, 0.15) is 21.5 Å². The highest BCUT2D eigenvalue weighted by Gasteiger charge is 2.23. The summed E-state index contributed by atoms with van der Waals surface area (Å²) in [7, 11) is 0. The molecule has 5 rings (SSSR count). The van der Waals surface area contributed by atoms with E-state index in [1.165, 1.54) is 4.90 Å². The van der Waals surface area contributed by atoms with E-state index in [4.69, 9.17) is 32.9 Å². The van der Waals surface area contributed by atoms with Crippen molar-refractivity contribution in [1.29, 1.82) is 0 Å². The molecule has 1 aromatic heterocycles. The first kappa shape index (κ1) is 29.8. The van der Waals surface area contributed by atoms with Crippen LogP contribution < -0.4 is 5.32 Å². The highest BCUT2D eigenvalue weighted by Crippen LogP contribution is 2.27. The number of carbonyl (C=O) groups excluding carboxylic acids is 2. The van der Waals surface area contributed by atoms with Gasteiger partial charge in [-0.25, -0.2) is 4.98 Å². The van der Waals surface area contributed by atoms with Crippen molar-refractivity contribution in [2.45, 2.75) is 13.8 Å². The summed E-state index contributed by atoms with van der Waals surface area (Å²) in [6.45, 7) is 7.76. The predicted octanol–water partition coefficient (Wildman–Crippen LogP) is 5.88. The van der Waals surface area contributed by atoms with E-state index in [1.54, 1.807) is 36.4 Å². The van der Waals surface area contributed by atoms with E-state index in [2.05, 4.69) is 17.1 Å². The fourth-order valence-corrected chi connectivity index (χ4v) is 5.12. The number of hydrogen-bond acceptors (Lipinski definition) is 5. The fraction of sp³-hybridized carbons (Fsp3) is 0.281. The van der Waals surface area contributed by atoms with E-state index in [0.29, 0.717) is 53.6 Å². The third-order valence-electron chi connectivity index (χ3n) is 7.38. The van der Waals surface area contributed by atoms with Gasteiger partial charge >= 0.3 is 0 Å². The number of nitrogens with zero attached hydrogens (tertiary/aromatic N) is 4. The minimum atomic E-state index is -0.365. The molecule has 1 aliphatic heterocycles. The van der Waals surface area contributed by atoms with E-state index >= 15 is 0 Å². The van der Waals surface area contributed by atoms with Crippen molar-refractivity contribution >= 4 is 41.0 Å². The maximum Gasteiger partial charge on any atom is 0.255 e. The summed E-state index contributed by atoms with van der Waals surface area (Å²) in [5.74, 6) is -0.314. The van der Waals surface area contributed by atoms with Crippen LogP contribution in [0.15, 0.2) is 72.9 Å². The van der Waals surface area contributed by atoms with Gasteiger partial charge in [0.15, 0.2) is 0 Å². The molecule has 1 aliphatic rings. The van der Waals surface area contributed by atoms with Gasteiger partial charge in [-0.15, -0.1) is 0 Å². The minimum absolute atomic E-state index is 0.162. The first-order valence-electron chi connectivity index (χ1n) is 13.8. The molecule has 218 valence electrons. The summed E-state index contributed by atoms with van der Waals surface area (Å²) in [6, 6.07) is 20.3. The largest absolute Gasteiger partial charge is 0.379 e. The predicted molar refractivity (Wildman–Crippen MR) is 167 cm³/mol. The van der Waals surface area contributed by atoms with Gasteiger partial charge in [-0.05, 0) is 61.4 Å². The van der Waals surface area contributed by atoms with E-state index in [-0.39, 0.29) is 18.4 Å². The normalized spacial score (nSPS) is 13.6. The second-order valence-corrected chi connectivity index (χ2v) is 11.1. The number of hydrogen-bond donors (Lipinski definition) is 1. The summed E-state index contributed by atoms with van der Waals surface area (Å²) in [6.07, 6.45) is 1.88. The maximum absolute atomic E-state index is 13.6. The van der Waals surface area contributed by atoms with E-state index in [9.17, 15) is 9.59 Å². The van der Waals surface area contributed by atoms with Crippen molar-refractivity contribution in [1.82, 2.24) is 19.4 Å². The molecule has 0 radical (unpaired) electrons. The van der Waals surface area contributed by atoms with Gasteiger partial charge in [0, 0.05) is 48.6 Å². The van der Waals surface area contributed by atoms with Crippen LogP contribution in [-0.4, -0.2) is 77.1 Å². The molecule has 0 bridgehead atoms. The smallest absolute Gasteiger partial charge is 0.255 e. The van der Waals surface area contributed by atoms with Gasteiger partial charge in [0.1, 0.15) is 6.54 Å². The molecule has 3 aromatic carbocycles. The molecule has 0 spiro atoms. The SMILES string of the molecule is Cc1ccc(-n2cc(-c3ccc(Cl)cc3)nc2NC(=O)CN(CCN2CCOCC2)C(=O)c2ccccc2Cl)cc1C. The molecule has 0 unspecified atom stereocenters. The van der Waals surface area contributed by atoms with Gasteiger partial charge in [-0.2, -0.15) is 0 Å². The molecule has 10 heteroatoms. The zero-order valence-corrected chi connectivity index (χ0v) is 25.2. The second kappa shape index (κ2) is 13.5. The Labute approximate surface area is 255 Å². The van der Waals surface area contributed by atoms with Crippen LogP contribution >= 0.6 is 23.2 Å². The quantitative estimate of drug-likeness (QED) is 0.258. The number of halogens is 2. The zero-order chi connectivity index (χ0) is 29.6. The molecule has 2 heterocycles. The van der Waals surface area contributed by atoms with Crippen molar-refractivity contribution in [2.75, 3.05) is 51.3 Å². The second-order valence-electron chi connectivity index (χ2n) is 10.3. The van der Waals surface area contributed by atoms with Crippen molar-refractivity contribution in [2.24, 2.45) is 0 Å². The Morgan fingerprint density at radius 2 is 1.71 bits per heavy atom. The number of aryl methyl sites for hydroxylation is 2. The number of aromatic nitrogens is 2. The summed E-state index contributed by atoms with van der Waals surface area (Å²) in [5, 5.41) is 3.93. The van der Waals surface area contributed by atoms with Crippen LogP contribution in [0.5, 0.6) is 0 Å². The Hall–Kier alpha value is -3.69. The molecule has 0 saturated carbocycles. The average molecular weight is 607 g/mol. The van der Waals surface area contributed by atoms with Crippen molar-refractivity contribution in [3.8, 4) is 16.9 Å². The van der Waals surface area contributed by atoms with Gasteiger partial charge in [-0.3, -0.25) is 24.4 Å². The van der Waals surface area contributed by atoms with Crippen molar-refractivity contribution in [3.05, 3.63) is 99.7 Å². The Bertz CT molecular complexity index is 1560. The highest BCUT2D eigenvalue weighted by atomic mass is 35.5. The molecule has 1 saturated heterocycles. The summed E-state index contributed by atoms with van der Waals surface area (Å²) in [4.78, 5) is 35.7. The van der Waals surface area contributed by atoms with Crippen LogP contribution in [0.4, 0.5) is 5.95 Å². The Balaban J connectivity index is 1.41. The van der Waals surface area contributed by atoms with E-state index in [1.807, 2.05) is 48.0 Å². The third-order valence-corrected chi connectivity index (χ3v) is 7.96. The number of benzene rings is 3. The molecule has 0 aliphatic carbocycles. The number of morpholine rings is 1. The lowest BCUT2D eigenvalue weighted by molar-refractivity contribution is -0.117. The van der Waals surface area contributed by atoms with E-state index in [0.717, 1.165) is 35.5 Å². The van der Waals surface area contributed by atoms with Crippen molar-refractivity contribution < 1.29 is 14.3 Å². The Morgan fingerprint density at radius 3 is 2.43 bits per heavy atom. The Kier molecular flexibility index (Phi) is 9.59. The Morgan fingerprint density at radius 1 is 0.976 bits per heavy atom. The third kappa shape index (κ3) is 7.20. The van der Waals surface area contributed by atoms with Crippen molar-refractivity contribution in [3.63, 3.8) is 0 Å². The molecular formula is C32H33Cl2N5O3. The standard InChI is InChI=1S/C32H33Cl2N5O3/c1-22-7-12-26(19-23(22)2)39-20-29(24-8-10-25(33)11-9-24)35-32(39)36-30(40)21-38(14-13-37-15-17-42-18-16-37)31(41)27-5-3-4-6-28(27)34/h3-12,19-20H,13-18,21H2,1-2H3,(H,35,36,40). The van der Waals surface area contributed by atoms with Crippen LogP contribution in [0.2, 0.25) is 10.0 Å². The van der Waals surface area contributed by atoms with Gasteiger partial charge < -0.3 is 9.64 Å². The lowest BCUT2D eigenvalue weighted by Gasteiger charge is -2.30. The summed E-state index contributed by atoms with van der Waals surface area (Å²) < 4.78 is 7.30. The van der Waals surface area contributed by atoms with Gasteiger partial charge in [0.2, 0.25) is 11.9 Å². The number of rotatable bonds is 9. The number of amides is 2. The number of anilines is 1. The van der Waals surface area contributed by atoms with Gasteiger partial charge in [0.05, 0.1) is 29.5 Å². The topological polar surface area (TPSA) is 79.7 Å². The molecule has 4 aromatic rings.